The lowest BCUT2D eigenvalue weighted by Crippen LogP contribution is -1.87. The molecule has 0 fully saturated rings. The maximum atomic E-state index is 10.2. The summed E-state index contributed by atoms with van der Waals surface area (Å²) in [6.45, 7) is 4.30. The molecular weight excluding hydrogens is 246 g/mol. The van der Waals surface area contributed by atoms with Gasteiger partial charge in [0.05, 0.1) is 4.88 Å². The molecule has 0 saturated carbocycles. The third-order valence-electron chi connectivity index (χ3n) is 2.16. The Kier molecular flexibility index (Phi) is 3.75. The van der Waals surface area contributed by atoms with E-state index in [0.717, 1.165) is 21.8 Å². The van der Waals surface area contributed by atoms with Crippen LogP contribution in [0.4, 0.5) is 0 Å². The number of nitrogens with zero attached hydrogens (tertiary/aromatic N) is 1. The molecule has 0 saturated heterocycles. The average Bonchev–Trinajstić information content (AvgIpc) is 2.74. The molecule has 0 spiro atoms. The second kappa shape index (κ2) is 5.48. The van der Waals surface area contributed by atoms with E-state index in [2.05, 4.69) is 16.8 Å². The van der Waals surface area contributed by atoms with Gasteiger partial charge in [0.1, 0.15) is 0 Å². The summed E-state index contributed by atoms with van der Waals surface area (Å²) < 4.78 is 4.74. The van der Waals surface area contributed by atoms with Crippen molar-refractivity contribution in [1.29, 1.82) is 0 Å². The highest BCUT2D eigenvalue weighted by Crippen LogP contribution is 2.22. The van der Waals surface area contributed by atoms with E-state index < -0.39 is 0 Å². The van der Waals surface area contributed by atoms with E-state index in [4.69, 9.17) is 4.74 Å². The predicted octanol–water partition coefficient (Wildman–Crippen LogP) is 2.69. The Labute approximate surface area is 109 Å². The van der Waals surface area contributed by atoms with E-state index in [-0.39, 0.29) is 0 Å². The zero-order valence-corrected chi connectivity index (χ0v) is 10.9. The van der Waals surface area contributed by atoms with Gasteiger partial charge in [-0.05, 0) is 38.1 Å². The molecule has 2 aromatic heterocycles. The molecule has 2 heterocycles. The van der Waals surface area contributed by atoms with E-state index in [9.17, 15) is 4.79 Å². The topological polar surface area (TPSA) is 39.2 Å². The van der Waals surface area contributed by atoms with Crippen LogP contribution in [0.3, 0.4) is 0 Å². The highest BCUT2D eigenvalue weighted by atomic mass is 32.1. The van der Waals surface area contributed by atoms with Gasteiger partial charge in [0.2, 0.25) is 0 Å². The van der Waals surface area contributed by atoms with Crippen LogP contribution in [-0.2, 0) is 4.79 Å². The first-order chi connectivity index (χ1) is 8.67. The Morgan fingerprint density at radius 2 is 1.94 bits per heavy atom. The van der Waals surface area contributed by atoms with Gasteiger partial charge in [-0.15, -0.1) is 0 Å². The molecule has 0 aromatic carbocycles. The maximum absolute atomic E-state index is 10.2. The minimum absolute atomic E-state index is 0.415. The Morgan fingerprint density at radius 1 is 1.22 bits per heavy atom. The van der Waals surface area contributed by atoms with Gasteiger partial charge in [0, 0.05) is 17.0 Å². The summed E-state index contributed by atoms with van der Waals surface area (Å²) in [5, 5.41) is 0.552. The van der Waals surface area contributed by atoms with Crippen molar-refractivity contribution in [1.82, 2.24) is 4.98 Å². The molecular formula is C14H11NO2S. The monoisotopic (exact) mass is 257 g/mol. The van der Waals surface area contributed by atoms with Crippen molar-refractivity contribution in [3.63, 3.8) is 0 Å². The standard InChI is InChI=1S/C14H11NO2S/c1-10-7-12(8-11(2)15-10)3-4-13-5-6-14(18-13)17-9-16/h5-9H,1-2H3. The van der Waals surface area contributed by atoms with Crippen molar-refractivity contribution in [3.8, 4) is 16.9 Å². The Bertz CT molecular complexity index is 614. The van der Waals surface area contributed by atoms with E-state index in [0.29, 0.717) is 11.5 Å². The molecule has 0 radical (unpaired) electrons. The third kappa shape index (κ3) is 3.19. The van der Waals surface area contributed by atoms with Gasteiger partial charge in [0.15, 0.2) is 5.06 Å². The third-order valence-corrected chi connectivity index (χ3v) is 3.05. The van der Waals surface area contributed by atoms with Crippen LogP contribution in [0, 0.1) is 25.7 Å². The van der Waals surface area contributed by atoms with Crippen LogP contribution in [0.15, 0.2) is 24.3 Å². The number of aromatic nitrogens is 1. The lowest BCUT2D eigenvalue weighted by molar-refractivity contribution is -0.120. The zero-order chi connectivity index (χ0) is 13.0. The van der Waals surface area contributed by atoms with Gasteiger partial charge in [-0.1, -0.05) is 23.2 Å². The number of hydrogen-bond donors (Lipinski definition) is 0. The van der Waals surface area contributed by atoms with Crippen molar-refractivity contribution in [2.75, 3.05) is 0 Å². The van der Waals surface area contributed by atoms with Crippen LogP contribution >= 0.6 is 11.3 Å². The van der Waals surface area contributed by atoms with Crippen molar-refractivity contribution in [3.05, 3.63) is 46.1 Å². The number of thiophene rings is 1. The number of carbonyl (C=O) groups is 1. The quantitative estimate of drug-likeness (QED) is 0.613. The predicted molar refractivity (Wildman–Crippen MR) is 70.7 cm³/mol. The lowest BCUT2D eigenvalue weighted by atomic mass is 10.2. The molecule has 0 aliphatic heterocycles. The van der Waals surface area contributed by atoms with Crippen LogP contribution in [0.1, 0.15) is 21.8 Å². The summed E-state index contributed by atoms with van der Waals surface area (Å²) in [6, 6.07) is 7.44. The van der Waals surface area contributed by atoms with E-state index >= 15 is 0 Å². The van der Waals surface area contributed by atoms with Crippen molar-refractivity contribution < 1.29 is 9.53 Å². The first-order valence-corrected chi connectivity index (χ1v) is 6.16. The van der Waals surface area contributed by atoms with Gasteiger partial charge in [-0.25, -0.2) is 0 Å². The Morgan fingerprint density at radius 3 is 2.61 bits per heavy atom. The van der Waals surface area contributed by atoms with Crippen molar-refractivity contribution >= 4 is 17.8 Å². The SMILES string of the molecule is Cc1cc(C#Cc2ccc(OC=O)s2)cc(C)n1. The summed E-state index contributed by atoms with van der Waals surface area (Å²) in [5.41, 5.74) is 2.84. The zero-order valence-electron chi connectivity index (χ0n) is 10.1. The number of rotatable bonds is 2. The molecule has 4 heteroatoms. The van der Waals surface area contributed by atoms with Crippen LogP contribution in [0.5, 0.6) is 5.06 Å². The van der Waals surface area contributed by atoms with E-state index in [1.54, 1.807) is 6.07 Å². The van der Waals surface area contributed by atoms with E-state index in [1.807, 2.05) is 32.0 Å². The van der Waals surface area contributed by atoms with Crippen LogP contribution < -0.4 is 4.74 Å². The molecule has 0 aliphatic carbocycles. The van der Waals surface area contributed by atoms with Gasteiger partial charge >= 0.3 is 0 Å². The summed E-state index contributed by atoms with van der Waals surface area (Å²) in [6.07, 6.45) is 0. The highest BCUT2D eigenvalue weighted by Gasteiger charge is 1.98. The molecule has 0 unspecified atom stereocenters. The van der Waals surface area contributed by atoms with Crippen LogP contribution in [-0.4, -0.2) is 11.5 Å². The van der Waals surface area contributed by atoms with Gasteiger partial charge in [0.25, 0.3) is 6.47 Å². The fraction of sp³-hybridized carbons (Fsp3) is 0.143. The summed E-state index contributed by atoms with van der Waals surface area (Å²) in [4.78, 5) is 15.3. The van der Waals surface area contributed by atoms with E-state index in [1.165, 1.54) is 11.3 Å². The maximum Gasteiger partial charge on any atom is 0.299 e. The molecule has 0 amide bonds. The first kappa shape index (κ1) is 12.3. The van der Waals surface area contributed by atoms with Gasteiger partial charge in [-0.2, -0.15) is 0 Å². The van der Waals surface area contributed by atoms with Crippen LogP contribution in [0.25, 0.3) is 0 Å². The molecule has 0 N–H and O–H groups in total. The highest BCUT2D eigenvalue weighted by molar-refractivity contribution is 7.14. The fourth-order valence-electron chi connectivity index (χ4n) is 1.54. The van der Waals surface area contributed by atoms with Gasteiger partial charge in [-0.3, -0.25) is 9.78 Å². The Balaban J connectivity index is 2.22. The number of carbonyl (C=O) groups excluding carboxylic acids is 1. The average molecular weight is 257 g/mol. The minimum atomic E-state index is 0.415. The molecule has 0 bridgehead atoms. The molecule has 3 nitrogen and oxygen atoms in total. The largest absolute Gasteiger partial charge is 0.418 e. The first-order valence-electron chi connectivity index (χ1n) is 5.35. The molecule has 2 aromatic rings. The number of aryl methyl sites for hydroxylation is 2. The van der Waals surface area contributed by atoms with Crippen LogP contribution in [0.2, 0.25) is 0 Å². The normalized spacial score (nSPS) is 9.44. The molecule has 0 aliphatic rings. The second-order valence-electron chi connectivity index (χ2n) is 3.72. The fourth-order valence-corrected chi connectivity index (χ4v) is 2.22. The molecule has 2 rings (SSSR count). The summed E-state index contributed by atoms with van der Waals surface area (Å²) in [7, 11) is 0. The van der Waals surface area contributed by atoms with Crippen molar-refractivity contribution in [2.45, 2.75) is 13.8 Å². The number of pyridine rings is 1. The minimum Gasteiger partial charge on any atom is -0.418 e. The summed E-state index contributed by atoms with van der Waals surface area (Å²) >= 11 is 1.34. The summed E-state index contributed by atoms with van der Waals surface area (Å²) in [5.74, 6) is 6.11. The Hall–Kier alpha value is -2.12. The second-order valence-corrected chi connectivity index (χ2v) is 4.77. The smallest absolute Gasteiger partial charge is 0.299 e. The molecule has 90 valence electrons. The van der Waals surface area contributed by atoms with Gasteiger partial charge < -0.3 is 4.74 Å². The number of ether oxygens (including phenoxy) is 1. The molecule has 0 atom stereocenters. The molecule has 18 heavy (non-hydrogen) atoms. The lowest BCUT2D eigenvalue weighted by Gasteiger charge is -1.96. The number of hydrogen-bond acceptors (Lipinski definition) is 4. The van der Waals surface area contributed by atoms with Crippen molar-refractivity contribution in [2.24, 2.45) is 0 Å².